The molecule has 1 aromatic rings. The van der Waals surface area contributed by atoms with Crippen LogP contribution in [-0.4, -0.2) is 61.7 Å². The van der Waals surface area contributed by atoms with Gasteiger partial charge < -0.3 is 14.4 Å². The van der Waals surface area contributed by atoms with Crippen molar-refractivity contribution in [2.45, 2.75) is 32.4 Å². The topological polar surface area (TPSA) is 42.0 Å². The molecule has 1 aromatic carbocycles. The molecule has 1 aliphatic rings. The smallest absolute Gasteiger partial charge is 0.236 e. The van der Waals surface area contributed by atoms with Crippen LogP contribution >= 0.6 is 0 Å². The van der Waals surface area contributed by atoms with E-state index in [1.54, 1.807) is 12.0 Å². The Kier molecular flexibility index (Phi) is 6.02. The van der Waals surface area contributed by atoms with Crippen molar-refractivity contribution in [1.82, 2.24) is 9.80 Å². The highest BCUT2D eigenvalue weighted by Gasteiger charge is 2.35. The highest BCUT2D eigenvalue weighted by atomic mass is 16.5. The number of methoxy groups -OCH3 is 1. The summed E-state index contributed by atoms with van der Waals surface area (Å²) < 4.78 is 10.7. The lowest BCUT2D eigenvalue weighted by molar-refractivity contribution is -0.137. The highest BCUT2D eigenvalue weighted by molar-refractivity contribution is 5.78. The summed E-state index contributed by atoms with van der Waals surface area (Å²) >= 11 is 0. The van der Waals surface area contributed by atoms with Crippen LogP contribution in [0.1, 0.15) is 25.8 Å². The first-order valence-electron chi connectivity index (χ1n) is 8.18. The average molecular weight is 320 g/mol. The van der Waals surface area contributed by atoms with Gasteiger partial charge >= 0.3 is 0 Å². The SMILES string of the molecule is CCC1(C)COCCN1CC(=O)N(C)Cc1ccc(OC)cc1. The third-order valence-electron chi connectivity index (χ3n) is 4.77. The number of likely N-dealkylation sites (N-methyl/N-ethyl adjacent to an activating group) is 1. The second kappa shape index (κ2) is 7.79. The number of carbonyl (C=O) groups excluding carboxylic acids is 1. The molecule has 0 bridgehead atoms. The van der Waals surface area contributed by atoms with Crippen LogP contribution in [0, 0.1) is 0 Å². The van der Waals surface area contributed by atoms with Crippen LogP contribution in [0.3, 0.4) is 0 Å². The van der Waals surface area contributed by atoms with Crippen molar-refractivity contribution in [1.29, 1.82) is 0 Å². The largest absolute Gasteiger partial charge is 0.497 e. The van der Waals surface area contributed by atoms with Crippen LogP contribution in [0.15, 0.2) is 24.3 Å². The first-order valence-corrected chi connectivity index (χ1v) is 8.18. The van der Waals surface area contributed by atoms with Crippen LogP contribution < -0.4 is 4.74 Å². The third-order valence-corrected chi connectivity index (χ3v) is 4.77. The predicted octanol–water partition coefficient (Wildman–Crippen LogP) is 2.15. The molecule has 128 valence electrons. The molecule has 1 saturated heterocycles. The van der Waals surface area contributed by atoms with E-state index in [9.17, 15) is 4.79 Å². The maximum Gasteiger partial charge on any atom is 0.236 e. The van der Waals surface area contributed by atoms with Crippen molar-refractivity contribution in [2.75, 3.05) is 40.5 Å². The first kappa shape index (κ1) is 17.8. The number of rotatable bonds is 6. The van der Waals surface area contributed by atoms with E-state index in [0.717, 1.165) is 24.3 Å². The lowest BCUT2D eigenvalue weighted by Crippen LogP contribution is -2.57. The van der Waals surface area contributed by atoms with E-state index in [4.69, 9.17) is 9.47 Å². The van der Waals surface area contributed by atoms with Crippen LogP contribution in [-0.2, 0) is 16.1 Å². The molecule has 1 amide bonds. The number of ether oxygens (including phenoxy) is 2. The molecule has 2 rings (SSSR count). The van der Waals surface area contributed by atoms with Crippen molar-refractivity contribution in [3.05, 3.63) is 29.8 Å². The maximum atomic E-state index is 12.6. The molecule has 5 nitrogen and oxygen atoms in total. The summed E-state index contributed by atoms with van der Waals surface area (Å²) in [7, 11) is 3.51. The summed E-state index contributed by atoms with van der Waals surface area (Å²) in [5.74, 6) is 0.970. The summed E-state index contributed by atoms with van der Waals surface area (Å²) in [6.45, 7) is 7.57. The summed E-state index contributed by atoms with van der Waals surface area (Å²) in [6.07, 6.45) is 0.975. The fourth-order valence-electron chi connectivity index (χ4n) is 2.80. The summed E-state index contributed by atoms with van der Waals surface area (Å²) in [5.41, 5.74) is 1.05. The predicted molar refractivity (Wildman–Crippen MR) is 90.6 cm³/mol. The van der Waals surface area contributed by atoms with Gasteiger partial charge in [0.25, 0.3) is 0 Å². The van der Waals surface area contributed by atoms with E-state index in [1.165, 1.54) is 0 Å². The summed E-state index contributed by atoms with van der Waals surface area (Å²) in [6, 6.07) is 7.83. The van der Waals surface area contributed by atoms with E-state index in [0.29, 0.717) is 26.3 Å². The molecule has 0 radical (unpaired) electrons. The Balaban J connectivity index is 1.93. The van der Waals surface area contributed by atoms with Gasteiger partial charge in [-0.05, 0) is 31.0 Å². The standard InChI is InChI=1S/C18H28N2O3/c1-5-18(2)14-23-11-10-20(18)13-17(21)19(3)12-15-6-8-16(22-4)9-7-15/h6-9H,5,10-14H2,1-4H3. The van der Waals surface area contributed by atoms with Crippen molar-refractivity contribution < 1.29 is 14.3 Å². The number of nitrogens with zero attached hydrogens (tertiary/aromatic N) is 2. The van der Waals surface area contributed by atoms with E-state index in [1.807, 2.05) is 31.3 Å². The zero-order valence-electron chi connectivity index (χ0n) is 14.7. The molecule has 1 aliphatic heterocycles. The van der Waals surface area contributed by atoms with Crippen LogP contribution in [0.4, 0.5) is 0 Å². The monoisotopic (exact) mass is 320 g/mol. The van der Waals surface area contributed by atoms with E-state index < -0.39 is 0 Å². The minimum absolute atomic E-state index is 0.0468. The minimum atomic E-state index is -0.0468. The number of benzene rings is 1. The Bertz CT molecular complexity index is 518. The Hall–Kier alpha value is -1.59. The van der Waals surface area contributed by atoms with Crippen LogP contribution in [0.25, 0.3) is 0 Å². The van der Waals surface area contributed by atoms with Gasteiger partial charge in [-0.15, -0.1) is 0 Å². The van der Waals surface area contributed by atoms with Gasteiger partial charge in [0.15, 0.2) is 0 Å². The molecule has 0 spiro atoms. The summed E-state index contributed by atoms with van der Waals surface area (Å²) in [5, 5.41) is 0. The van der Waals surface area contributed by atoms with Gasteiger partial charge in [0.2, 0.25) is 5.91 Å². The molecular weight excluding hydrogens is 292 g/mol. The zero-order valence-corrected chi connectivity index (χ0v) is 14.7. The third kappa shape index (κ3) is 4.45. The number of morpholine rings is 1. The number of amides is 1. The molecule has 1 heterocycles. The number of hydrogen-bond acceptors (Lipinski definition) is 4. The molecule has 1 atom stereocenters. The Morgan fingerprint density at radius 2 is 2.09 bits per heavy atom. The second-order valence-corrected chi connectivity index (χ2v) is 6.42. The van der Waals surface area contributed by atoms with Gasteiger partial charge in [-0.25, -0.2) is 0 Å². The van der Waals surface area contributed by atoms with Crippen molar-refractivity contribution in [3.63, 3.8) is 0 Å². The van der Waals surface area contributed by atoms with Crippen LogP contribution in [0.2, 0.25) is 0 Å². The van der Waals surface area contributed by atoms with E-state index in [-0.39, 0.29) is 11.4 Å². The molecule has 1 fully saturated rings. The van der Waals surface area contributed by atoms with Gasteiger partial charge in [0, 0.05) is 25.7 Å². The Labute approximate surface area is 139 Å². The van der Waals surface area contributed by atoms with Gasteiger partial charge in [-0.1, -0.05) is 19.1 Å². The van der Waals surface area contributed by atoms with E-state index >= 15 is 0 Å². The first-order chi connectivity index (χ1) is 11.0. The molecule has 0 aromatic heterocycles. The Morgan fingerprint density at radius 1 is 1.39 bits per heavy atom. The van der Waals surface area contributed by atoms with Gasteiger partial charge in [0.05, 0.1) is 26.9 Å². The lowest BCUT2D eigenvalue weighted by atomic mass is 9.96. The highest BCUT2D eigenvalue weighted by Crippen LogP contribution is 2.23. The molecule has 5 heteroatoms. The molecule has 0 saturated carbocycles. The van der Waals surface area contributed by atoms with Gasteiger partial charge in [-0.2, -0.15) is 0 Å². The fraction of sp³-hybridized carbons (Fsp3) is 0.611. The zero-order chi connectivity index (χ0) is 16.9. The van der Waals surface area contributed by atoms with Gasteiger partial charge in [-0.3, -0.25) is 9.69 Å². The van der Waals surface area contributed by atoms with Crippen molar-refractivity contribution >= 4 is 5.91 Å². The minimum Gasteiger partial charge on any atom is -0.497 e. The lowest BCUT2D eigenvalue weighted by Gasteiger charge is -2.44. The molecule has 0 N–H and O–H groups in total. The fourth-order valence-corrected chi connectivity index (χ4v) is 2.80. The maximum absolute atomic E-state index is 12.6. The molecule has 0 aliphatic carbocycles. The molecule has 1 unspecified atom stereocenters. The normalized spacial score (nSPS) is 21.9. The molecule has 23 heavy (non-hydrogen) atoms. The van der Waals surface area contributed by atoms with Crippen molar-refractivity contribution in [2.24, 2.45) is 0 Å². The van der Waals surface area contributed by atoms with Crippen molar-refractivity contribution in [3.8, 4) is 5.75 Å². The molecular formula is C18H28N2O3. The number of carbonyl (C=O) groups is 1. The second-order valence-electron chi connectivity index (χ2n) is 6.42. The quantitative estimate of drug-likeness (QED) is 0.805. The Morgan fingerprint density at radius 3 is 2.70 bits per heavy atom. The number of hydrogen-bond donors (Lipinski definition) is 0. The average Bonchev–Trinajstić information content (AvgIpc) is 2.57. The van der Waals surface area contributed by atoms with Crippen LogP contribution in [0.5, 0.6) is 5.75 Å². The van der Waals surface area contributed by atoms with Gasteiger partial charge in [0.1, 0.15) is 5.75 Å². The van der Waals surface area contributed by atoms with E-state index in [2.05, 4.69) is 18.7 Å². The summed E-state index contributed by atoms with van der Waals surface area (Å²) in [4.78, 5) is 16.6.